The maximum atomic E-state index is 12.0. The van der Waals surface area contributed by atoms with Crippen LogP contribution in [-0.2, 0) is 13.5 Å². The lowest BCUT2D eigenvalue weighted by Crippen LogP contribution is -2.15. The first-order valence-electron chi connectivity index (χ1n) is 5.70. The zero-order valence-corrected chi connectivity index (χ0v) is 11.0. The first-order chi connectivity index (χ1) is 8.60. The number of nitrogens with one attached hydrogen (secondary N) is 1. The molecule has 1 aromatic carbocycles. The summed E-state index contributed by atoms with van der Waals surface area (Å²) in [5, 5.41) is 7.04. The molecule has 0 bridgehead atoms. The molecule has 0 atom stereocenters. The van der Waals surface area contributed by atoms with E-state index >= 15 is 0 Å². The number of halogens is 1. The van der Waals surface area contributed by atoms with Gasteiger partial charge in [-0.15, -0.1) is 0 Å². The molecule has 18 heavy (non-hydrogen) atoms. The van der Waals surface area contributed by atoms with Gasteiger partial charge >= 0.3 is 0 Å². The van der Waals surface area contributed by atoms with Gasteiger partial charge in [-0.2, -0.15) is 5.10 Å². The number of aryl methyl sites for hydroxylation is 2. The molecule has 1 N–H and O–H groups in total. The van der Waals surface area contributed by atoms with Gasteiger partial charge in [0.25, 0.3) is 5.91 Å². The highest BCUT2D eigenvalue weighted by atomic mass is 35.5. The highest BCUT2D eigenvalue weighted by molar-refractivity contribution is 6.29. The third kappa shape index (κ3) is 2.71. The van der Waals surface area contributed by atoms with E-state index in [2.05, 4.69) is 17.3 Å². The molecule has 1 aromatic heterocycles. The lowest BCUT2D eigenvalue weighted by atomic mass is 10.1. The molecule has 2 rings (SSSR count). The Morgan fingerprint density at radius 2 is 2.06 bits per heavy atom. The molecule has 1 heterocycles. The van der Waals surface area contributed by atoms with Crippen LogP contribution >= 0.6 is 11.6 Å². The van der Waals surface area contributed by atoms with Crippen LogP contribution in [0.25, 0.3) is 0 Å². The molecule has 4 nitrogen and oxygen atoms in total. The van der Waals surface area contributed by atoms with Crippen molar-refractivity contribution in [2.75, 3.05) is 5.32 Å². The number of hydrogen-bond acceptors (Lipinski definition) is 2. The zero-order chi connectivity index (χ0) is 13.1. The molecule has 0 spiro atoms. The number of amides is 1. The summed E-state index contributed by atoms with van der Waals surface area (Å²) in [6.07, 6.45) is 0.978. The third-order valence-corrected chi connectivity index (χ3v) is 2.89. The molecular weight excluding hydrogens is 250 g/mol. The van der Waals surface area contributed by atoms with Crippen molar-refractivity contribution in [3.8, 4) is 0 Å². The van der Waals surface area contributed by atoms with E-state index in [1.807, 2.05) is 24.3 Å². The standard InChI is InChI=1S/C13H14ClN3O/c1-3-9-4-6-10(7-5-9)15-13(18)11-8-12(14)16-17(11)2/h4-8H,3H2,1-2H3,(H,15,18). The molecule has 0 aliphatic rings. The van der Waals surface area contributed by atoms with Gasteiger partial charge in [0.05, 0.1) is 0 Å². The Hall–Kier alpha value is -1.81. The van der Waals surface area contributed by atoms with Gasteiger partial charge in [0.15, 0.2) is 5.15 Å². The van der Waals surface area contributed by atoms with E-state index in [1.165, 1.54) is 16.3 Å². The molecule has 5 heteroatoms. The Kier molecular flexibility index (Phi) is 3.67. The molecule has 0 fully saturated rings. The molecule has 0 saturated carbocycles. The Labute approximate surface area is 111 Å². The van der Waals surface area contributed by atoms with Crippen LogP contribution in [-0.4, -0.2) is 15.7 Å². The normalized spacial score (nSPS) is 10.4. The summed E-state index contributed by atoms with van der Waals surface area (Å²) in [5.41, 5.74) is 2.42. The SMILES string of the molecule is CCc1ccc(NC(=O)c2cc(Cl)nn2C)cc1. The van der Waals surface area contributed by atoms with Crippen molar-refractivity contribution in [1.82, 2.24) is 9.78 Å². The summed E-state index contributed by atoms with van der Waals surface area (Å²) < 4.78 is 1.46. The van der Waals surface area contributed by atoms with E-state index in [9.17, 15) is 4.79 Å². The first kappa shape index (κ1) is 12.6. The van der Waals surface area contributed by atoms with Crippen molar-refractivity contribution < 1.29 is 4.79 Å². The van der Waals surface area contributed by atoms with Gasteiger partial charge in [-0.1, -0.05) is 30.7 Å². The molecule has 2 aromatic rings. The van der Waals surface area contributed by atoms with Crippen LogP contribution in [0.1, 0.15) is 23.0 Å². The second-order valence-electron chi connectivity index (χ2n) is 3.98. The van der Waals surface area contributed by atoms with E-state index in [-0.39, 0.29) is 5.91 Å². The summed E-state index contributed by atoms with van der Waals surface area (Å²) in [7, 11) is 1.68. The number of carbonyl (C=O) groups is 1. The minimum atomic E-state index is -0.221. The molecule has 0 aliphatic heterocycles. The maximum Gasteiger partial charge on any atom is 0.273 e. The molecule has 0 radical (unpaired) electrons. The van der Waals surface area contributed by atoms with E-state index < -0.39 is 0 Å². The van der Waals surface area contributed by atoms with Gasteiger partial charge in [-0.3, -0.25) is 9.48 Å². The lowest BCUT2D eigenvalue weighted by Gasteiger charge is -2.05. The van der Waals surface area contributed by atoms with Gasteiger partial charge in [0, 0.05) is 18.8 Å². The topological polar surface area (TPSA) is 46.9 Å². The van der Waals surface area contributed by atoms with Crippen molar-refractivity contribution in [2.45, 2.75) is 13.3 Å². The number of hydrogen-bond donors (Lipinski definition) is 1. The van der Waals surface area contributed by atoms with E-state index in [0.717, 1.165) is 12.1 Å². The van der Waals surface area contributed by atoms with Gasteiger partial charge in [0.2, 0.25) is 0 Å². The number of carbonyl (C=O) groups excluding carboxylic acids is 1. The molecular formula is C13H14ClN3O. The maximum absolute atomic E-state index is 12.0. The molecule has 94 valence electrons. The molecule has 0 unspecified atom stereocenters. The van der Waals surface area contributed by atoms with Crippen molar-refractivity contribution >= 4 is 23.2 Å². The Morgan fingerprint density at radius 1 is 1.39 bits per heavy atom. The summed E-state index contributed by atoms with van der Waals surface area (Å²) >= 11 is 5.74. The lowest BCUT2D eigenvalue weighted by molar-refractivity contribution is 0.101. The molecule has 0 saturated heterocycles. The zero-order valence-electron chi connectivity index (χ0n) is 10.3. The van der Waals surface area contributed by atoms with Crippen molar-refractivity contribution in [2.24, 2.45) is 7.05 Å². The minimum absolute atomic E-state index is 0.221. The number of anilines is 1. The number of benzene rings is 1. The fraction of sp³-hybridized carbons (Fsp3) is 0.231. The Bertz CT molecular complexity index is 560. The van der Waals surface area contributed by atoms with Gasteiger partial charge in [0.1, 0.15) is 5.69 Å². The quantitative estimate of drug-likeness (QED) is 0.926. The number of nitrogens with zero attached hydrogens (tertiary/aromatic N) is 2. The summed E-state index contributed by atoms with van der Waals surface area (Å²) in [4.78, 5) is 12.0. The summed E-state index contributed by atoms with van der Waals surface area (Å²) in [5.74, 6) is -0.221. The van der Waals surface area contributed by atoms with Crippen LogP contribution in [0, 0.1) is 0 Å². The van der Waals surface area contributed by atoms with Crippen molar-refractivity contribution in [1.29, 1.82) is 0 Å². The van der Waals surface area contributed by atoms with Gasteiger partial charge in [-0.25, -0.2) is 0 Å². The summed E-state index contributed by atoms with van der Waals surface area (Å²) in [6.45, 7) is 2.09. The van der Waals surface area contributed by atoms with E-state index in [0.29, 0.717) is 10.8 Å². The highest BCUT2D eigenvalue weighted by Gasteiger charge is 2.12. The van der Waals surface area contributed by atoms with Gasteiger partial charge < -0.3 is 5.32 Å². The average Bonchev–Trinajstić information content (AvgIpc) is 2.69. The van der Waals surface area contributed by atoms with Crippen LogP contribution < -0.4 is 5.32 Å². The third-order valence-electron chi connectivity index (χ3n) is 2.70. The van der Waals surface area contributed by atoms with Crippen LogP contribution in [0.2, 0.25) is 5.15 Å². The second kappa shape index (κ2) is 5.23. The minimum Gasteiger partial charge on any atom is -0.321 e. The first-order valence-corrected chi connectivity index (χ1v) is 6.07. The monoisotopic (exact) mass is 263 g/mol. The highest BCUT2D eigenvalue weighted by Crippen LogP contribution is 2.13. The Balaban J connectivity index is 2.13. The van der Waals surface area contributed by atoms with Crippen LogP contribution in [0.3, 0.4) is 0 Å². The van der Waals surface area contributed by atoms with Crippen LogP contribution in [0.15, 0.2) is 30.3 Å². The van der Waals surface area contributed by atoms with E-state index in [4.69, 9.17) is 11.6 Å². The molecule has 0 aliphatic carbocycles. The number of rotatable bonds is 3. The Morgan fingerprint density at radius 3 is 2.56 bits per heavy atom. The van der Waals surface area contributed by atoms with Crippen molar-refractivity contribution in [3.63, 3.8) is 0 Å². The predicted octanol–water partition coefficient (Wildman–Crippen LogP) is 2.89. The average molecular weight is 264 g/mol. The summed E-state index contributed by atoms with van der Waals surface area (Å²) in [6, 6.07) is 9.29. The van der Waals surface area contributed by atoms with Crippen LogP contribution in [0.4, 0.5) is 5.69 Å². The molecule has 1 amide bonds. The smallest absolute Gasteiger partial charge is 0.273 e. The fourth-order valence-electron chi connectivity index (χ4n) is 1.66. The largest absolute Gasteiger partial charge is 0.321 e. The van der Waals surface area contributed by atoms with Gasteiger partial charge in [-0.05, 0) is 24.1 Å². The van der Waals surface area contributed by atoms with E-state index in [1.54, 1.807) is 7.05 Å². The number of aromatic nitrogens is 2. The second-order valence-corrected chi connectivity index (χ2v) is 4.37. The van der Waals surface area contributed by atoms with Crippen LogP contribution in [0.5, 0.6) is 0 Å². The fourth-order valence-corrected chi connectivity index (χ4v) is 1.88. The predicted molar refractivity (Wildman–Crippen MR) is 72.0 cm³/mol. The van der Waals surface area contributed by atoms with Crippen molar-refractivity contribution in [3.05, 3.63) is 46.7 Å².